The van der Waals surface area contributed by atoms with Gasteiger partial charge in [-0.1, -0.05) is 0 Å². The van der Waals surface area contributed by atoms with Crippen molar-refractivity contribution in [2.45, 2.75) is 33.0 Å². The van der Waals surface area contributed by atoms with Crippen LogP contribution in [-0.2, 0) is 11.8 Å². The molecule has 0 aliphatic carbocycles. The summed E-state index contributed by atoms with van der Waals surface area (Å²) in [6.07, 6.45) is 4.96. The number of nitrogens with two attached hydrogens (primary N) is 1. The standard InChI is InChI=1S/C22H21F3N6O3/c1-22(2,3)34-21(32)31-15-9-27-8-13(18(15)19(29-31)11-7-28-30(4)10-11)17-14(23)5-12(26)6-16(17)33-20(24)25/h5-10,20H,26H2,1-4H3. The van der Waals surface area contributed by atoms with Crippen LogP contribution in [-0.4, -0.2) is 42.9 Å². The van der Waals surface area contributed by atoms with E-state index in [1.807, 2.05) is 0 Å². The molecule has 34 heavy (non-hydrogen) atoms. The highest BCUT2D eigenvalue weighted by molar-refractivity contribution is 6.06. The van der Waals surface area contributed by atoms with Crippen molar-refractivity contribution < 1.29 is 27.4 Å². The summed E-state index contributed by atoms with van der Waals surface area (Å²) in [6, 6.07) is 2.07. The van der Waals surface area contributed by atoms with Gasteiger partial charge in [0.25, 0.3) is 0 Å². The van der Waals surface area contributed by atoms with Gasteiger partial charge in [-0.25, -0.2) is 9.18 Å². The molecule has 0 fully saturated rings. The topological polar surface area (TPSA) is 110 Å². The molecule has 178 valence electrons. The fourth-order valence-corrected chi connectivity index (χ4v) is 3.49. The van der Waals surface area contributed by atoms with Crippen LogP contribution in [0.1, 0.15) is 20.8 Å². The number of alkyl halides is 2. The van der Waals surface area contributed by atoms with Crippen LogP contribution in [0.2, 0.25) is 0 Å². The van der Waals surface area contributed by atoms with Gasteiger partial charge in [0.05, 0.1) is 18.0 Å². The van der Waals surface area contributed by atoms with Crippen molar-refractivity contribution in [1.29, 1.82) is 0 Å². The second-order valence-corrected chi connectivity index (χ2v) is 8.48. The van der Waals surface area contributed by atoms with E-state index < -0.39 is 29.9 Å². The van der Waals surface area contributed by atoms with E-state index in [-0.39, 0.29) is 33.4 Å². The molecule has 12 heteroatoms. The summed E-state index contributed by atoms with van der Waals surface area (Å²) in [5.41, 5.74) is 5.40. The predicted molar refractivity (Wildman–Crippen MR) is 118 cm³/mol. The minimum atomic E-state index is -3.23. The maximum atomic E-state index is 15.1. The number of fused-ring (bicyclic) bond motifs is 1. The first-order valence-electron chi connectivity index (χ1n) is 10.1. The van der Waals surface area contributed by atoms with Crippen LogP contribution in [0.25, 0.3) is 33.3 Å². The molecule has 9 nitrogen and oxygen atoms in total. The van der Waals surface area contributed by atoms with Crippen LogP contribution >= 0.6 is 0 Å². The highest BCUT2D eigenvalue weighted by Crippen LogP contribution is 2.42. The molecule has 0 spiro atoms. The monoisotopic (exact) mass is 474 g/mol. The van der Waals surface area contributed by atoms with E-state index in [0.29, 0.717) is 5.56 Å². The lowest BCUT2D eigenvalue weighted by molar-refractivity contribution is -0.0495. The minimum Gasteiger partial charge on any atom is -0.442 e. The van der Waals surface area contributed by atoms with Gasteiger partial charge in [-0.3, -0.25) is 9.67 Å². The molecule has 4 rings (SSSR count). The largest absolute Gasteiger partial charge is 0.442 e. The van der Waals surface area contributed by atoms with Gasteiger partial charge in [-0.15, -0.1) is 0 Å². The number of anilines is 1. The van der Waals surface area contributed by atoms with Gasteiger partial charge in [-0.2, -0.15) is 23.7 Å². The van der Waals surface area contributed by atoms with Crippen LogP contribution in [0.15, 0.2) is 36.9 Å². The summed E-state index contributed by atoms with van der Waals surface area (Å²) in [6.45, 7) is 1.86. The predicted octanol–water partition coefficient (Wildman–Crippen LogP) is 4.60. The van der Waals surface area contributed by atoms with Gasteiger partial charge in [0.1, 0.15) is 28.4 Å². The maximum Gasteiger partial charge on any atom is 0.435 e. The zero-order valence-corrected chi connectivity index (χ0v) is 18.7. The van der Waals surface area contributed by atoms with Crippen LogP contribution < -0.4 is 10.5 Å². The van der Waals surface area contributed by atoms with E-state index >= 15 is 4.39 Å². The number of carbonyl (C=O) groups excluding carboxylic acids is 1. The van der Waals surface area contributed by atoms with Gasteiger partial charge in [0.2, 0.25) is 0 Å². The summed E-state index contributed by atoms with van der Waals surface area (Å²) in [7, 11) is 1.69. The van der Waals surface area contributed by atoms with Crippen LogP contribution in [0.4, 0.5) is 23.7 Å². The van der Waals surface area contributed by atoms with E-state index in [1.54, 1.807) is 34.0 Å². The fourth-order valence-electron chi connectivity index (χ4n) is 3.49. The molecule has 0 aliphatic heterocycles. The molecule has 0 saturated carbocycles. The van der Waals surface area contributed by atoms with E-state index in [1.165, 1.54) is 23.3 Å². The average Bonchev–Trinajstić information content (AvgIpc) is 3.29. The number of nitrogens with zero attached hydrogens (tertiary/aromatic N) is 5. The van der Waals surface area contributed by atoms with Crippen LogP contribution in [0.5, 0.6) is 5.75 Å². The molecule has 0 amide bonds. The lowest BCUT2D eigenvalue weighted by atomic mass is 9.99. The Hall–Kier alpha value is -4.09. The van der Waals surface area contributed by atoms with Crippen molar-refractivity contribution in [3.8, 4) is 28.1 Å². The number of hydrogen-bond acceptors (Lipinski definition) is 7. The second-order valence-electron chi connectivity index (χ2n) is 8.48. The number of aryl methyl sites for hydroxylation is 1. The molecule has 3 heterocycles. The molecule has 0 aliphatic rings. The summed E-state index contributed by atoms with van der Waals surface area (Å²) < 4.78 is 53.9. The zero-order valence-electron chi connectivity index (χ0n) is 18.7. The van der Waals surface area contributed by atoms with Crippen LogP contribution in [0, 0.1) is 5.82 Å². The summed E-state index contributed by atoms with van der Waals surface area (Å²) in [5.74, 6) is -1.39. The maximum absolute atomic E-state index is 15.1. The molecule has 0 radical (unpaired) electrons. The number of aromatic nitrogens is 5. The van der Waals surface area contributed by atoms with Gasteiger partial charge in [0, 0.05) is 47.7 Å². The molecule has 3 aromatic heterocycles. The van der Waals surface area contributed by atoms with Crippen molar-refractivity contribution >= 4 is 22.7 Å². The average molecular weight is 474 g/mol. The quantitative estimate of drug-likeness (QED) is 0.430. The summed E-state index contributed by atoms with van der Waals surface area (Å²) in [4.78, 5) is 17.0. The number of ether oxygens (including phenoxy) is 2. The number of rotatable bonds is 4. The molecule has 2 N–H and O–H groups in total. The first kappa shape index (κ1) is 23.1. The number of halogens is 3. The number of carbonyl (C=O) groups is 1. The SMILES string of the molecule is Cn1cc(-c2nn(C(=O)OC(C)(C)C)c3cncc(-c4c(F)cc(N)cc4OC(F)F)c23)cn1. The molecule has 1 aromatic carbocycles. The summed E-state index contributed by atoms with van der Waals surface area (Å²) >= 11 is 0. The molecule has 0 saturated heterocycles. The number of hydrogen-bond donors (Lipinski definition) is 1. The van der Waals surface area contributed by atoms with E-state index in [4.69, 9.17) is 10.5 Å². The Kier molecular flexibility index (Phi) is 5.67. The van der Waals surface area contributed by atoms with Gasteiger partial charge >= 0.3 is 12.7 Å². The Bertz CT molecular complexity index is 1390. The molecule has 0 bridgehead atoms. The normalized spacial score (nSPS) is 11.9. The number of pyridine rings is 1. The molecule has 4 aromatic rings. The lowest BCUT2D eigenvalue weighted by Gasteiger charge is -2.19. The van der Waals surface area contributed by atoms with Crippen molar-refractivity contribution in [3.63, 3.8) is 0 Å². The Morgan fingerprint density at radius 3 is 2.53 bits per heavy atom. The Balaban J connectivity index is 2.05. The number of nitrogen functional groups attached to an aromatic ring is 1. The molecular formula is C22H21F3N6O3. The van der Waals surface area contributed by atoms with Crippen molar-refractivity contribution in [1.82, 2.24) is 24.5 Å². The van der Waals surface area contributed by atoms with Crippen molar-refractivity contribution in [2.75, 3.05) is 5.73 Å². The van der Waals surface area contributed by atoms with Crippen LogP contribution in [0.3, 0.4) is 0 Å². The zero-order chi connectivity index (χ0) is 24.8. The Morgan fingerprint density at radius 2 is 1.91 bits per heavy atom. The van der Waals surface area contributed by atoms with E-state index in [0.717, 1.165) is 16.8 Å². The third kappa shape index (κ3) is 4.38. The highest BCUT2D eigenvalue weighted by atomic mass is 19.3. The third-order valence-corrected chi connectivity index (χ3v) is 4.70. The molecule has 0 unspecified atom stereocenters. The van der Waals surface area contributed by atoms with Crippen molar-refractivity contribution in [3.05, 3.63) is 42.7 Å². The Morgan fingerprint density at radius 1 is 1.18 bits per heavy atom. The third-order valence-electron chi connectivity index (χ3n) is 4.70. The first-order valence-corrected chi connectivity index (χ1v) is 10.1. The number of benzene rings is 1. The van der Waals surface area contributed by atoms with Gasteiger partial charge in [0.15, 0.2) is 0 Å². The smallest absolute Gasteiger partial charge is 0.435 e. The van der Waals surface area contributed by atoms with Gasteiger partial charge < -0.3 is 15.2 Å². The minimum absolute atomic E-state index is 0.0688. The first-order chi connectivity index (χ1) is 15.9. The van der Waals surface area contributed by atoms with E-state index in [2.05, 4.69) is 19.9 Å². The fraction of sp³-hybridized carbons (Fsp3) is 0.273. The van der Waals surface area contributed by atoms with Crippen molar-refractivity contribution in [2.24, 2.45) is 7.05 Å². The highest BCUT2D eigenvalue weighted by Gasteiger charge is 2.27. The lowest BCUT2D eigenvalue weighted by Crippen LogP contribution is -2.27. The molecule has 0 atom stereocenters. The van der Waals surface area contributed by atoms with E-state index in [9.17, 15) is 13.6 Å². The Labute approximate surface area is 191 Å². The molecular weight excluding hydrogens is 453 g/mol. The summed E-state index contributed by atoms with van der Waals surface area (Å²) in [5, 5.41) is 8.78. The second kappa shape index (κ2) is 8.36. The van der Waals surface area contributed by atoms with Gasteiger partial charge in [-0.05, 0) is 26.8 Å².